The molecule has 184 valence electrons. The summed E-state index contributed by atoms with van der Waals surface area (Å²) in [6.45, 7) is 0. The van der Waals surface area contributed by atoms with Crippen LogP contribution in [0.3, 0.4) is 0 Å². The van der Waals surface area contributed by atoms with Gasteiger partial charge in [0.2, 0.25) is 0 Å². The number of aromatic nitrogens is 4. The predicted octanol–water partition coefficient (Wildman–Crippen LogP) is 2.74. The van der Waals surface area contributed by atoms with Crippen LogP contribution in [0.5, 0.6) is 0 Å². The summed E-state index contributed by atoms with van der Waals surface area (Å²) in [6, 6.07) is 3.85. The van der Waals surface area contributed by atoms with Crippen LogP contribution in [-0.4, -0.2) is 56.7 Å². The van der Waals surface area contributed by atoms with Crippen molar-refractivity contribution in [2.24, 2.45) is 0 Å². The van der Waals surface area contributed by atoms with Gasteiger partial charge in [-0.15, -0.1) is 5.10 Å². The van der Waals surface area contributed by atoms with E-state index < -0.39 is 11.7 Å². The molecule has 5 rings (SSSR count). The SMILES string of the molecule is CNC(=O)N[C@H]1CC[C@H](Nc2cc(NC3CC3)c3ncc(C(=O)Nc4ccncc4F)n3n2)CC1. The largest absolute Gasteiger partial charge is 0.379 e. The van der Waals surface area contributed by atoms with Crippen LogP contribution < -0.4 is 26.6 Å². The topological polar surface area (TPSA) is 137 Å². The van der Waals surface area contributed by atoms with Crippen molar-refractivity contribution in [3.8, 4) is 0 Å². The van der Waals surface area contributed by atoms with Crippen molar-refractivity contribution in [1.82, 2.24) is 30.2 Å². The molecular formula is C23H28FN9O2. The zero-order valence-corrected chi connectivity index (χ0v) is 19.3. The predicted molar refractivity (Wildman–Crippen MR) is 129 cm³/mol. The number of hydrogen-bond donors (Lipinski definition) is 5. The highest BCUT2D eigenvalue weighted by Crippen LogP contribution is 2.30. The van der Waals surface area contributed by atoms with Crippen LogP contribution in [0.25, 0.3) is 5.65 Å². The van der Waals surface area contributed by atoms with Gasteiger partial charge < -0.3 is 26.6 Å². The molecule has 0 bridgehead atoms. The minimum Gasteiger partial charge on any atom is -0.379 e. The van der Waals surface area contributed by atoms with Crippen molar-refractivity contribution in [2.75, 3.05) is 23.0 Å². The summed E-state index contributed by atoms with van der Waals surface area (Å²) in [7, 11) is 1.61. The number of nitrogens with one attached hydrogen (secondary N) is 5. The quantitative estimate of drug-likeness (QED) is 0.350. The number of rotatable bonds is 7. The number of carbonyl (C=O) groups excluding carboxylic acids is 2. The van der Waals surface area contributed by atoms with Crippen molar-refractivity contribution >= 4 is 34.8 Å². The van der Waals surface area contributed by atoms with E-state index in [9.17, 15) is 14.0 Å². The van der Waals surface area contributed by atoms with Gasteiger partial charge in [-0.1, -0.05) is 0 Å². The van der Waals surface area contributed by atoms with Crippen molar-refractivity contribution in [2.45, 2.75) is 56.7 Å². The molecule has 0 atom stereocenters. The third kappa shape index (κ3) is 5.26. The first-order valence-corrected chi connectivity index (χ1v) is 11.8. The zero-order chi connectivity index (χ0) is 24.4. The Morgan fingerprint density at radius 3 is 2.43 bits per heavy atom. The van der Waals surface area contributed by atoms with E-state index in [0.717, 1.165) is 50.4 Å². The molecule has 3 amide bonds. The van der Waals surface area contributed by atoms with Gasteiger partial charge in [0, 0.05) is 37.4 Å². The number of anilines is 3. The van der Waals surface area contributed by atoms with Crippen molar-refractivity contribution in [1.29, 1.82) is 0 Å². The fourth-order valence-corrected chi connectivity index (χ4v) is 4.26. The van der Waals surface area contributed by atoms with Gasteiger partial charge in [-0.25, -0.2) is 18.7 Å². The molecule has 0 spiro atoms. The normalized spacial score (nSPS) is 19.7. The highest BCUT2D eigenvalue weighted by atomic mass is 19.1. The first-order valence-electron chi connectivity index (χ1n) is 11.8. The Balaban J connectivity index is 1.36. The number of pyridine rings is 1. The minimum absolute atomic E-state index is 0.0349. The molecule has 2 aliphatic carbocycles. The Hall–Kier alpha value is -3.96. The van der Waals surface area contributed by atoms with E-state index in [4.69, 9.17) is 0 Å². The van der Waals surface area contributed by atoms with Gasteiger partial charge in [-0.3, -0.25) is 9.78 Å². The molecule has 0 aliphatic heterocycles. The molecule has 3 aromatic heterocycles. The van der Waals surface area contributed by atoms with Crippen molar-refractivity contribution in [3.63, 3.8) is 0 Å². The minimum atomic E-state index is -0.623. The first-order chi connectivity index (χ1) is 17.0. The Kier molecular flexibility index (Phi) is 6.34. The lowest BCUT2D eigenvalue weighted by molar-refractivity contribution is 0.102. The maximum absolute atomic E-state index is 14.0. The second kappa shape index (κ2) is 9.72. The molecule has 12 heteroatoms. The fourth-order valence-electron chi connectivity index (χ4n) is 4.26. The summed E-state index contributed by atoms with van der Waals surface area (Å²) in [4.78, 5) is 32.7. The number of hydrogen-bond acceptors (Lipinski definition) is 7. The van der Waals surface area contributed by atoms with E-state index in [1.165, 1.54) is 23.0 Å². The maximum Gasteiger partial charge on any atom is 0.314 e. The highest BCUT2D eigenvalue weighted by Gasteiger charge is 2.26. The lowest BCUT2D eigenvalue weighted by Gasteiger charge is -2.30. The summed E-state index contributed by atoms with van der Waals surface area (Å²) in [6.07, 6.45) is 9.51. The second-order valence-electron chi connectivity index (χ2n) is 8.97. The second-order valence-corrected chi connectivity index (χ2v) is 8.97. The molecule has 11 nitrogen and oxygen atoms in total. The molecule has 3 heterocycles. The van der Waals surface area contributed by atoms with E-state index in [0.29, 0.717) is 17.5 Å². The first kappa shape index (κ1) is 22.8. The number of amides is 3. The van der Waals surface area contributed by atoms with E-state index in [-0.39, 0.29) is 29.5 Å². The van der Waals surface area contributed by atoms with Crippen LogP contribution in [0.2, 0.25) is 0 Å². The number of carbonyl (C=O) groups is 2. The fraction of sp³-hybridized carbons (Fsp3) is 0.435. The lowest BCUT2D eigenvalue weighted by Crippen LogP contribution is -2.43. The van der Waals surface area contributed by atoms with E-state index in [1.54, 1.807) is 7.05 Å². The monoisotopic (exact) mass is 481 g/mol. The van der Waals surface area contributed by atoms with Crippen LogP contribution in [0.4, 0.5) is 26.4 Å². The van der Waals surface area contributed by atoms with Crippen molar-refractivity contribution in [3.05, 3.63) is 42.2 Å². The lowest BCUT2D eigenvalue weighted by atomic mass is 9.91. The van der Waals surface area contributed by atoms with Crippen LogP contribution in [0.15, 0.2) is 30.7 Å². The van der Waals surface area contributed by atoms with Crippen LogP contribution in [-0.2, 0) is 0 Å². The van der Waals surface area contributed by atoms with Gasteiger partial charge in [-0.05, 0) is 44.6 Å². The molecular weight excluding hydrogens is 453 g/mol. The molecule has 0 saturated heterocycles. The molecule has 0 radical (unpaired) electrons. The molecule has 2 fully saturated rings. The summed E-state index contributed by atoms with van der Waals surface area (Å²) < 4.78 is 15.5. The third-order valence-electron chi connectivity index (χ3n) is 6.30. The molecule has 2 saturated carbocycles. The summed E-state index contributed by atoms with van der Waals surface area (Å²) in [5.41, 5.74) is 1.54. The average molecular weight is 482 g/mol. The Bertz CT molecular complexity index is 1230. The molecule has 5 N–H and O–H groups in total. The van der Waals surface area contributed by atoms with Gasteiger partial charge >= 0.3 is 6.03 Å². The number of fused-ring (bicyclic) bond motifs is 1. The number of halogens is 1. The van der Waals surface area contributed by atoms with E-state index in [2.05, 4.69) is 41.7 Å². The van der Waals surface area contributed by atoms with Crippen LogP contribution >= 0.6 is 0 Å². The molecule has 35 heavy (non-hydrogen) atoms. The van der Waals surface area contributed by atoms with Crippen molar-refractivity contribution < 1.29 is 14.0 Å². The van der Waals surface area contributed by atoms with Gasteiger partial charge in [0.15, 0.2) is 17.2 Å². The Morgan fingerprint density at radius 1 is 1.00 bits per heavy atom. The summed E-state index contributed by atoms with van der Waals surface area (Å²) >= 11 is 0. The third-order valence-corrected chi connectivity index (χ3v) is 6.30. The Morgan fingerprint density at radius 2 is 1.71 bits per heavy atom. The standard InChI is InChI=1S/C23H28FN9O2/c1-25-23(35)30-15-6-4-14(5-7-15)29-20-10-18(28-13-2-3-13)21-27-12-19(33(21)32-20)22(34)31-17-8-9-26-11-16(17)24/h8-15,28H,2-7H2,1H3,(H,29,32)(H2,25,30,35)(H,26,31,34)/t14-,15-. The maximum atomic E-state index is 14.0. The zero-order valence-electron chi connectivity index (χ0n) is 19.3. The van der Waals surface area contributed by atoms with Gasteiger partial charge in [0.25, 0.3) is 5.91 Å². The Labute approximate surface area is 201 Å². The summed E-state index contributed by atoms with van der Waals surface area (Å²) in [5, 5.41) is 19.7. The summed E-state index contributed by atoms with van der Waals surface area (Å²) in [5.74, 6) is -0.529. The smallest absolute Gasteiger partial charge is 0.314 e. The molecule has 0 unspecified atom stereocenters. The van der Waals surface area contributed by atoms with E-state index >= 15 is 0 Å². The van der Waals surface area contributed by atoms with Gasteiger partial charge in [-0.2, -0.15) is 0 Å². The molecule has 2 aliphatic rings. The van der Waals surface area contributed by atoms with E-state index in [1.807, 2.05) is 6.07 Å². The van der Waals surface area contributed by atoms with Gasteiger partial charge in [0.05, 0.1) is 23.8 Å². The molecule has 3 aromatic rings. The number of urea groups is 1. The number of imidazole rings is 1. The molecule has 0 aromatic carbocycles. The highest BCUT2D eigenvalue weighted by molar-refractivity contribution is 6.03. The van der Waals surface area contributed by atoms with Crippen LogP contribution in [0.1, 0.15) is 49.0 Å². The number of nitrogens with zero attached hydrogens (tertiary/aromatic N) is 4. The van der Waals surface area contributed by atoms with Crippen LogP contribution in [0, 0.1) is 5.82 Å². The van der Waals surface area contributed by atoms with Gasteiger partial charge in [0.1, 0.15) is 5.82 Å². The average Bonchev–Trinajstić information content (AvgIpc) is 3.57.